The van der Waals surface area contributed by atoms with E-state index in [9.17, 15) is 4.79 Å². The zero-order valence-corrected chi connectivity index (χ0v) is 18.7. The Morgan fingerprint density at radius 3 is 2.42 bits per heavy atom. The number of nitrogens with one attached hydrogen (secondary N) is 1. The number of hydrogen-bond acceptors (Lipinski definition) is 5. The van der Waals surface area contributed by atoms with Crippen molar-refractivity contribution in [3.8, 4) is 22.5 Å². The molecule has 0 bridgehead atoms. The summed E-state index contributed by atoms with van der Waals surface area (Å²) >= 11 is 0. The van der Waals surface area contributed by atoms with Crippen molar-refractivity contribution in [2.45, 2.75) is 27.3 Å². The van der Waals surface area contributed by atoms with Gasteiger partial charge in [0.05, 0.1) is 22.3 Å². The normalized spacial score (nSPS) is 11.1. The van der Waals surface area contributed by atoms with E-state index in [-0.39, 0.29) is 11.8 Å². The maximum Gasteiger partial charge on any atom is 0.258 e. The molecule has 0 atom stereocenters. The van der Waals surface area contributed by atoms with Crippen molar-refractivity contribution in [1.82, 2.24) is 19.9 Å². The monoisotopic (exact) mass is 437 g/mol. The lowest BCUT2D eigenvalue weighted by Gasteiger charge is -2.09. The summed E-state index contributed by atoms with van der Waals surface area (Å²) in [6.45, 7) is 6.58. The fraction of sp³-hybridized carbons (Fsp3) is 0.154. The van der Waals surface area contributed by atoms with Crippen LogP contribution in [-0.2, 0) is 6.54 Å². The molecule has 5 rings (SSSR count). The lowest BCUT2D eigenvalue weighted by Crippen LogP contribution is -2.13. The van der Waals surface area contributed by atoms with E-state index in [2.05, 4.69) is 15.6 Å². The van der Waals surface area contributed by atoms with E-state index in [4.69, 9.17) is 9.51 Å². The maximum atomic E-state index is 13.4. The predicted molar refractivity (Wildman–Crippen MR) is 128 cm³/mol. The number of anilines is 1. The highest BCUT2D eigenvalue weighted by Crippen LogP contribution is 2.29. The Labute approximate surface area is 191 Å². The van der Waals surface area contributed by atoms with Crippen LogP contribution in [0.5, 0.6) is 0 Å². The van der Waals surface area contributed by atoms with Crippen molar-refractivity contribution >= 4 is 22.8 Å². The van der Waals surface area contributed by atoms with Crippen molar-refractivity contribution in [1.29, 1.82) is 0 Å². The van der Waals surface area contributed by atoms with Crippen LogP contribution in [0.2, 0.25) is 0 Å². The number of pyridine rings is 1. The molecule has 0 unspecified atom stereocenters. The second-order valence-corrected chi connectivity index (χ2v) is 7.92. The highest BCUT2D eigenvalue weighted by Gasteiger charge is 2.21. The molecule has 0 spiro atoms. The molecular formula is C26H23N5O2. The quantitative estimate of drug-likeness (QED) is 0.384. The first-order valence-corrected chi connectivity index (χ1v) is 10.8. The molecule has 0 radical (unpaired) electrons. The summed E-state index contributed by atoms with van der Waals surface area (Å²) in [7, 11) is 0. The fourth-order valence-corrected chi connectivity index (χ4v) is 3.88. The molecule has 164 valence electrons. The third-order valence-corrected chi connectivity index (χ3v) is 5.59. The molecular weight excluding hydrogens is 414 g/mol. The van der Waals surface area contributed by atoms with Gasteiger partial charge < -0.3 is 4.52 Å². The molecule has 3 heterocycles. The van der Waals surface area contributed by atoms with E-state index in [1.165, 1.54) is 0 Å². The molecule has 3 aromatic heterocycles. The number of amides is 1. The zero-order chi connectivity index (χ0) is 22.9. The van der Waals surface area contributed by atoms with Crippen molar-refractivity contribution in [3.05, 3.63) is 83.6 Å². The summed E-state index contributed by atoms with van der Waals surface area (Å²) in [5, 5.41) is 12.3. The average Bonchev–Trinajstić information content (AvgIpc) is 3.43. The van der Waals surface area contributed by atoms with Crippen LogP contribution in [0.1, 0.15) is 28.5 Å². The number of aryl methyl sites for hydroxylation is 3. The summed E-state index contributed by atoms with van der Waals surface area (Å²) < 4.78 is 7.21. The van der Waals surface area contributed by atoms with Gasteiger partial charge in [0.15, 0.2) is 5.65 Å². The van der Waals surface area contributed by atoms with Crippen LogP contribution in [0.25, 0.3) is 33.5 Å². The van der Waals surface area contributed by atoms with Gasteiger partial charge in [0, 0.05) is 23.7 Å². The average molecular weight is 438 g/mol. The number of fused-ring (bicyclic) bond motifs is 1. The fourth-order valence-electron chi connectivity index (χ4n) is 3.88. The Balaban J connectivity index is 1.56. The third-order valence-electron chi connectivity index (χ3n) is 5.59. The van der Waals surface area contributed by atoms with Gasteiger partial charge >= 0.3 is 0 Å². The maximum absolute atomic E-state index is 13.4. The number of nitrogens with zero attached hydrogens (tertiary/aromatic N) is 4. The van der Waals surface area contributed by atoms with E-state index in [1.807, 2.05) is 86.1 Å². The number of rotatable bonds is 5. The second kappa shape index (κ2) is 8.35. The van der Waals surface area contributed by atoms with E-state index in [0.717, 1.165) is 27.8 Å². The molecule has 0 aliphatic carbocycles. The SMILES string of the molecule is CCn1nc(C)c2c(C(=O)Nc3cc(-c4ccccc4)no3)cc(-c3ccc(C)cc3)nc21. The first-order chi connectivity index (χ1) is 16.0. The Morgan fingerprint density at radius 2 is 1.70 bits per heavy atom. The molecule has 2 aromatic carbocycles. The standard InChI is InChI=1S/C26H23N5O2/c1-4-31-25-24(17(3)29-31)20(14-21(27-25)19-12-10-16(2)11-13-19)26(32)28-23-15-22(30-33-23)18-8-6-5-7-9-18/h5-15H,4H2,1-3H3,(H,28,32). The molecule has 1 amide bonds. The van der Waals surface area contributed by atoms with Gasteiger partial charge in [-0.3, -0.25) is 10.1 Å². The van der Waals surface area contributed by atoms with Crippen molar-refractivity contribution in [2.24, 2.45) is 0 Å². The molecule has 7 heteroatoms. The highest BCUT2D eigenvalue weighted by atomic mass is 16.5. The lowest BCUT2D eigenvalue weighted by molar-refractivity contribution is 0.102. The van der Waals surface area contributed by atoms with Crippen molar-refractivity contribution in [3.63, 3.8) is 0 Å². The Morgan fingerprint density at radius 1 is 0.970 bits per heavy atom. The van der Waals surface area contributed by atoms with Crippen LogP contribution < -0.4 is 5.32 Å². The highest BCUT2D eigenvalue weighted by molar-refractivity contribution is 6.13. The number of carbonyl (C=O) groups is 1. The Bertz CT molecular complexity index is 1450. The molecule has 33 heavy (non-hydrogen) atoms. The Hall–Kier alpha value is -4.26. The molecule has 0 aliphatic rings. The summed E-state index contributed by atoms with van der Waals surface area (Å²) in [4.78, 5) is 18.2. The predicted octanol–water partition coefficient (Wildman–Crippen LogP) is 5.64. The van der Waals surface area contributed by atoms with Gasteiger partial charge in [0.1, 0.15) is 5.69 Å². The van der Waals surface area contributed by atoms with Gasteiger partial charge in [-0.2, -0.15) is 5.10 Å². The molecule has 0 aliphatic heterocycles. The molecule has 0 saturated heterocycles. The van der Waals surface area contributed by atoms with Gasteiger partial charge in [-0.05, 0) is 26.8 Å². The minimum absolute atomic E-state index is 0.279. The molecule has 0 saturated carbocycles. The van der Waals surface area contributed by atoms with Gasteiger partial charge in [0.2, 0.25) is 5.88 Å². The van der Waals surface area contributed by atoms with Gasteiger partial charge in [-0.1, -0.05) is 65.3 Å². The van der Waals surface area contributed by atoms with Crippen molar-refractivity contribution < 1.29 is 9.32 Å². The minimum Gasteiger partial charge on any atom is -0.338 e. The van der Waals surface area contributed by atoms with Crippen molar-refractivity contribution in [2.75, 3.05) is 5.32 Å². The summed E-state index contributed by atoms with van der Waals surface area (Å²) in [5.41, 5.74) is 6.30. The summed E-state index contributed by atoms with van der Waals surface area (Å²) in [6, 6.07) is 21.3. The molecule has 1 N–H and O–H groups in total. The zero-order valence-electron chi connectivity index (χ0n) is 18.7. The Kier molecular flexibility index (Phi) is 5.22. The van der Waals surface area contributed by atoms with E-state index >= 15 is 0 Å². The lowest BCUT2D eigenvalue weighted by atomic mass is 10.0. The van der Waals surface area contributed by atoms with Crippen LogP contribution in [-0.4, -0.2) is 25.8 Å². The van der Waals surface area contributed by atoms with Gasteiger partial charge in [-0.25, -0.2) is 9.67 Å². The third kappa shape index (κ3) is 3.89. The van der Waals surface area contributed by atoms with Gasteiger partial charge in [0.25, 0.3) is 5.91 Å². The van der Waals surface area contributed by atoms with Crippen LogP contribution in [0.15, 0.2) is 71.3 Å². The smallest absolute Gasteiger partial charge is 0.258 e. The summed E-state index contributed by atoms with van der Waals surface area (Å²) in [6.07, 6.45) is 0. The number of carbonyl (C=O) groups excluding carboxylic acids is 1. The van der Waals surface area contributed by atoms with Crippen LogP contribution in [0.4, 0.5) is 5.88 Å². The van der Waals surface area contributed by atoms with Crippen LogP contribution >= 0.6 is 0 Å². The minimum atomic E-state index is -0.301. The second-order valence-electron chi connectivity index (χ2n) is 7.92. The van der Waals surface area contributed by atoms with Crippen LogP contribution in [0, 0.1) is 13.8 Å². The molecule has 5 aromatic rings. The molecule has 7 nitrogen and oxygen atoms in total. The largest absolute Gasteiger partial charge is 0.338 e. The summed E-state index contributed by atoms with van der Waals surface area (Å²) in [5.74, 6) is -0.0217. The number of aromatic nitrogens is 4. The topological polar surface area (TPSA) is 85.8 Å². The first kappa shape index (κ1) is 20.6. The van der Waals surface area contributed by atoms with Crippen LogP contribution in [0.3, 0.4) is 0 Å². The van der Waals surface area contributed by atoms with E-state index in [0.29, 0.717) is 29.1 Å². The number of benzene rings is 2. The number of hydrogen-bond donors (Lipinski definition) is 1. The van der Waals surface area contributed by atoms with E-state index < -0.39 is 0 Å². The first-order valence-electron chi connectivity index (χ1n) is 10.8. The van der Waals surface area contributed by atoms with E-state index in [1.54, 1.807) is 6.07 Å². The molecule has 0 fully saturated rings. The van der Waals surface area contributed by atoms with Gasteiger partial charge in [-0.15, -0.1) is 0 Å².